The van der Waals surface area contributed by atoms with Gasteiger partial charge in [-0.1, -0.05) is 20.8 Å². The summed E-state index contributed by atoms with van der Waals surface area (Å²) in [7, 11) is 0. The van der Waals surface area contributed by atoms with E-state index < -0.39 is 0 Å². The highest BCUT2D eigenvalue weighted by Gasteiger charge is 2.32. The number of carbonyl (C=O) groups is 1. The maximum absolute atomic E-state index is 12.0. The minimum Gasteiger partial charge on any atom is -0.338 e. The van der Waals surface area contributed by atoms with Gasteiger partial charge in [0.1, 0.15) is 0 Å². The van der Waals surface area contributed by atoms with E-state index in [1.807, 2.05) is 4.90 Å². The first-order valence-electron chi connectivity index (χ1n) is 5.97. The topological polar surface area (TPSA) is 46.3 Å². The number of hydrogen-bond acceptors (Lipinski definition) is 2. The molecule has 0 saturated carbocycles. The van der Waals surface area contributed by atoms with E-state index in [-0.39, 0.29) is 11.9 Å². The number of nitrogens with two attached hydrogens (primary N) is 1. The average Bonchev–Trinajstić information content (AvgIpc) is 2.42. The summed E-state index contributed by atoms with van der Waals surface area (Å²) in [6, 6.07) is 0.0588. The van der Waals surface area contributed by atoms with Crippen molar-refractivity contribution in [2.24, 2.45) is 17.6 Å². The van der Waals surface area contributed by atoms with Gasteiger partial charge in [-0.2, -0.15) is 0 Å². The van der Waals surface area contributed by atoms with Gasteiger partial charge in [-0.3, -0.25) is 4.79 Å². The lowest BCUT2D eigenvalue weighted by Gasteiger charge is -2.25. The van der Waals surface area contributed by atoms with Crippen molar-refractivity contribution in [3.63, 3.8) is 0 Å². The normalized spacial score (nSPS) is 28.5. The predicted octanol–water partition coefficient (Wildman–Crippen LogP) is 1.62. The molecule has 0 aromatic carbocycles. The highest BCUT2D eigenvalue weighted by molar-refractivity contribution is 5.82. The molecule has 1 aliphatic heterocycles. The zero-order valence-corrected chi connectivity index (χ0v) is 10.4. The maximum Gasteiger partial charge on any atom is 0.239 e. The van der Waals surface area contributed by atoms with Crippen LogP contribution in [-0.2, 0) is 4.79 Å². The minimum absolute atomic E-state index is 0.139. The fourth-order valence-electron chi connectivity index (χ4n) is 2.43. The van der Waals surface area contributed by atoms with Gasteiger partial charge in [0.25, 0.3) is 0 Å². The maximum atomic E-state index is 12.0. The second-order valence-corrected chi connectivity index (χ2v) is 5.42. The predicted molar refractivity (Wildman–Crippen MR) is 62.4 cm³/mol. The highest BCUT2D eigenvalue weighted by atomic mass is 16.2. The van der Waals surface area contributed by atoms with Crippen LogP contribution in [0.15, 0.2) is 0 Å². The fourth-order valence-corrected chi connectivity index (χ4v) is 2.43. The molecule has 2 N–H and O–H groups in total. The van der Waals surface area contributed by atoms with Crippen LogP contribution in [0.5, 0.6) is 0 Å². The van der Waals surface area contributed by atoms with Gasteiger partial charge in [0.2, 0.25) is 5.91 Å². The van der Waals surface area contributed by atoms with E-state index in [0.29, 0.717) is 17.9 Å². The third kappa shape index (κ3) is 3.20. The molecule has 0 radical (unpaired) electrons. The molecular formula is C12H24N2O. The van der Waals surface area contributed by atoms with E-state index in [9.17, 15) is 4.79 Å². The van der Waals surface area contributed by atoms with Crippen LogP contribution in [0.3, 0.4) is 0 Å². The van der Waals surface area contributed by atoms with Crippen LogP contribution in [0.2, 0.25) is 0 Å². The van der Waals surface area contributed by atoms with Gasteiger partial charge >= 0.3 is 0 Å². The van der Waals surface area contributed by atoms with Crippen molar-refractivity contribution < 1.29 is 4.79 Å². The molecule has 15 heavy (non-hydrogen) atoms. The Bertz CT molecular complexity index is 228. The lowest BCUT2D eigenvalue weighted by molar-refractivity contribution is -0.133. The fraction of sp³-hybridized carbons (Fsp3) is 0.917. The van der Waals surface area contributed by atoms with Gasteiger partial charge in [0, 0.05) is 12.6 Å². The molecule has 0 spiro atoms. The second-order valence-electron chi connectivity index (χ2n) is 5.42. The first-order valence-corrected chi connectivity index (χ1v) is 5.97. The Morgan fingerprint density at radius 2 is 2.07 bits per heavy atom. The van der Waals surface area contributed by atoms with Gasteiger partial charge < -0.3 is 10.6 Å². The third-order valence-electron chi connectivity index (χ3n) is 3.11. The van der Waals surface area contributed by atoms with Crippen LogP contribution in [0.4, 0.5) is 0 Å². The molecule has 1 heterocycles. The van der Waals surface area contributed by atoms with Crippen molar-refractivity contribution >= 4 is 5.91 Å². The van der Waals surface area contributed by atoms with E-state index in [1.54, 1.807) is 0 Å². The van der Waals surface area contributed by atoms with Crippen LogP contribution >= 0.6 is 0 Å². The van der Waals surface area contributed by atoms with E-state index in [4.69, 9.17) is 5.73 Å². The van der Waals surface area contributed by atoms with E-state index in [2.05, 4.69) is 27.7 Å². The number of amides is 1. The lowest BCUT2D eigenvalue weighted by atomic mass is 10.0. The molecule has 0 bridgehead atoms. The Kier molecular flexibility index (Phi) is 4.14. The molecule has 0 aliphatic carbocycles. The molecule has 1 aliphatic rings. The molecule has 1 rings (SSSR count). The smallest absolute Gasteiger partial charge is 0.239 e. The first kappa shape index (κ1) is 12.5. The first-order chi connectivity index (χ1) is 6.91. The largest absolute Gasteiger partial charge is 0.338 e. The molecule has 3 unspecified atom stereocenters. The number of hydrogen-bond donors (Lipinski definition) is 1. The number of rotatable bonds is 3. The summed E-state index contributed by atoms with van der Waals surface area (Å²) in [5.41, 5.74) is 5.91. The van der Waals surface area contributed by atoms with E-state index in [1.165, 1.54) is 0 Å². The summed E-state index contributed by atoms with van der Waals surface area (Å²) in [5, 5.41) is 0. The quantitative estimate of drug-likeness (QED) is 0.772. The molecule has 1 amide bonds. The third-order valence-corrected chi connectivity index (χ3v) is 3.11. The van der Waals surface area contributed by atoms with Gasteiger partial charge in [-0.15, -0.1) is 0 Å². The Balaban J connectivity index is 2.52. The van der Waals surface area contributed by atoms with Gasteiger partial charge in [-0.05, 0) is 31.6 Å². The highest BCUT2D eigenvalue weighted by Crippen LogP contribution is 2.23. The van der Waals surface area contributed by atoms with Crippen LogP contribution in [0.1, 0.15) is 40.5 Å². The van der Waals surface area contributed by atoms with Crippen LogP contribution in [-0.4, -0.2) is 29.4 Å². The molecular weight excluding hydrogens is 188 g/mol. The molecule has 1 saturated heterocycles. The summed E-state index contributed by atoms with van der Waals surface area (Å²) >= 11 is 0. The Morgan fingerprint density at radius 1 is 1.47 bits per heavy atom. The lowest BCUT2D eigenvalue weighted by Crippen LogP contribution is -2.45. The van der Waals surface area contributed by atoms with E-state index in [0.717, 1.165) is 19.4 Å². The van der Waals surface area contributed by atoms with Gasteiger partial charge in [0.05, 0.1) is 6.04 Å². The van der Waals surface area contributed by atoms with E-state index >= 15 is 0 Å². The van der Waals surface area contributed by atoms with Crippen LogP contribution < -0.4 is 5.73 Å². The molecule has 3 nitrogen and oxygen atoms in total. The SMILES string of the molecule is CC(C)CC(N)C(=O)N1CC(C)CC1C. The molecule has 0 aromatic rings. The Labute approximate surface area is 93.0 Å². The van der Waals surface area contributed by atoms with Gasteiger partial charge in [-0.25, -0.2) is 0 Å². The van der Waals surface area contributed by atoms with Crippen molar-refractivity contribution in [2.45, 2.75) is 52.6 Å². The zero-order chi connectivity index (χ0) is 11.6. The van der Waals surface area contributed by atoms with Crippen molar-refractivity contribution in [3.8, 4) is 0 Å². The standard InChI is InChI=1S/C12H24N2O/c1-8(2)5-11(13)12(15)14-7-9(3)6-10(14)4/h8-11H,5-7,13H2,1-4H3. The summed E-state index contributed by atoms with van der Waals surface area (Å²) in [6.45, 7) is 9.39. The average molecular weight is 212 g/mol. The molecule has 3 heteroatoms. The number of likely N-dealkylation sites (tertiary alicyclic amines) is 1. The second kappa shape index (κ2) is 4.97. The Hall–Kier alpha value is -0.570. The Morgan fingerprint density at radius 3 is 2.47 bits per heavy atom. The van der Waals surface area contributed by atoms with Crippen molar-refractivity contribution in [3.05, 3.63) is 0 Å². The van der Waals surface area contributed by atoms with Crippen LogP contribution in [0, 0.1) is 11.8 Å². The number of nitrogens with zero attached hydrogens (tertiary/aromatic N) is 1. The van der Waals surface area contributed by atoms with Gasteiger partial charge in [0.15, 0.2) is 0 Å². The summed E-state index contributed by atoms with van der Waals surface area (Å²) in [6.07, 6.45) is 1.90. The zero-order valence-electron chi connectivity index (χ0n) is 10.4. The van der Waals surface area contributed by atoms with Crippen molar-refractivity contribution in [2.75, 3.05) is 6.54 Å². The molecule has 3 atom stereocenters. The summed E-state index contributed by atoms with van der Waals surface area (Å²) in [4.78, 5) is 14.0. The van der Waals surface area contributed by atoms with Crippen molar-refractivity contribution in [1.29, 1.82) is 0 Å². The summed E-state index contributed by atoms with van der Waals surface area (Å²) in [5.74, 6) is 1.25. The number of carbonyl (C=O) groups excluding carboxylic acids is 1. The molecule has 88 valence electrons. The molecule has 0 aromatic heterocycles. The monoisotopic (exact) mass is 212 g/mol. The molecule has 1 fully saturated rings. The minimum atomic E-state index is -0.308. The van der Waals surface area contributed by atoms with Crippen LogP contribution in [0.25, 0.3) is 0 Å². The van der Waals surface area contributed by atoms with Crippen molar-refractivity contribution in [1.82, 2.24) is 4.90 Å². The summed E-state index contributed by atoms with van der Waals surface area (Å²) < 4.78 is 0.